The van der Waals surface area contributed by atoms with Crippen molar-refractivity contribution in [3.05, 3.63) is 119 Å². The van der Waals surface area contributed by atoms with Crippen molar-refractivity contribution in [1.29, 1.82) is 0 Å². The van der Waals surface area contributed by atoms with Crippen LogP contribution in [-0.2, 0) is 5.41 Å². The number of benzene rings is 1. The fourth-order valence-electron chi connectivity index (χ4n) is 5.12. The zero-order valence-electron chi connectivity index (χ0n) is 19.2. The van der Waals surface area contributed by atoms with Gasteiger partial charge >= 0.3 is 0 Å². The Balaban J connectivity index is 1.71. The van der Waals surface area contributed by atoms with Crippen LogP contribution in [0.1, 0.15) is 44.7 Å². The second-order valence-electron chi connectivity index (χ2n) is 9.01. The lowest BCUT2D eigenvalue weighted by Gasteiger charge is -2.35. The van der Waals surface area contributed by atoms with Gasteiger partial charge in [-0.25, -0.2) is 0 Å². The van der Waals surface area contributed by atoms with E-state index in [4.69, 9.17) is 0 Å². The number of hydrogen-bond donors (Lipinski definition) is 0. The van der Waals surface area contributed by atoms with Crippen LogP contribution < -0.4 is 4.90 Å². The topological polar surface area (TPSA) is 3.24 Å². The molecule has 0 fully saturated rings. The lowest BCUT2D eigenvalue weighted by molar-refractivity contribution is 0.652. The van der Waals surface area contributed by atoms with Gasteiger partial charge in [0.2, 0.25) is 0 Å². The van der Waals surface area contributed by atoms with Crippen molar-refractivity contribution in [2.75, 3.05) is 11.9 Å². The Labute approximate surface area is 187 Å². The molecule has 1 aromatic rings. The summed E-state index contributed by atoms with van der Waals surface area (Å²) in [5.74, 6) is 0. The second-order valence-corrected chi connectivity index (χ2v) is 9.01. The standard InChI is InChI=1S/C30H33N/c1-6-14-25-26-20-19-23(21-28(26)30(3,4)27(25)7-2)31(5)29-18-13-12-17-24(29)22-15-10-8-9-11-16-22/h6-15,17,19-21,29H,2,16,18H2,1,3-5H3/b14-6-. The quantitative estimate of drug-likeness (QED) is 0.485. The van der Waals surface area contributed by atoms with E-state index in [0.717, 1.165) is 12.8 Å². The van der Waals surface area contributed by atoms with E-state index in [2.05, 4.69) is 118 Å². The second kappa shape index (κ2) is 8.59. The Morgan fingerprint density at radius 2 is 1.90 bits per heavy atom. The maximum Gasteiger partial charge on any atom is 0.0576 e. The molecule has 0 N–H and O–H groups in total. The van der Waals surface area contributed by atoms with Crippen molar-refractivity contribution in [3.8, 4) is 0 Å². The minimum Gasteiger partial charge on any atom is -0.367 e. The van der Waals surface area contributed by atoms with Gasteiger partial charge in [-0.15, -0.1) is 0 Å². The van der Waals surface area contributed by atoms with E-state index in [1.165, 1.54) is 39.1 Å². The number of likely N-dealkylation sites (N-methyl/N-ethyl adjacent to an activating group) is 1. The highest BCUT2D eigenvalue weighted by molar-refractivity contribution is 5.88. The SMILES string of the molecule is C=CC1=C(/C=C\C)c2ccc(N(C)C3CC=CC=C3C3=CC=CC=CC3)cc2C1(C)C. The Kier molecular flexibility index (Phi) is 5.87. The molecule has 1 atom stereocenters. The van der Waals surface area contributed by atoms with Crippen LogP contribution in [0.5, 0.6) is 0 Å². The highest BCUT2D eigenvalue weighted by Crippen LogP contribution is 2.48. The first-order chi connectivity index (χ1) is 15.0. The van der Waals surface area contributed by atoms with Crippen molar-refractivity contribution >= 4 is 11.3 Å². The average molecular weight is 408 g/mol. The van der Waals surface area contributed by atoms with Gasteiger partial charge < -0.3 is 4.90 Å². The molecule has 31 heavy (non-hydrogen) atoms. The fraction of sp³-hybridized carbons (Fsp3) is 0.267. The van der Waals surface area contributed by atoms with Gasteiger partial charge in [-0.05, 0) is 65.3 Å². The lowest BCUT2D eigenvalue weighted by Crippen LogP contribution is -2.34. The van der Waals surface area contributed by atoms with Gasteiger partial charge in [-0.1, -0.05) is 93.3 Å². The molecule has 0 aromatic heterocycles. The smallest absolute Gasteiger partial charge is 0.0576 e. The molecule has 1 aromatic carbocycles. The number of nitrogens with zero attached hydrogens (tertiary/aromatic N) is 1. The first-order valence-corrected chi connectivity index (χ1v) is 11.3. The summed E-state index contributed by atoms with van der Waals surface area (Å²) in [5.41, 5.74) is 9.36. The minimum absolute atomic E-state index is 0.0483. The maximum absolute atomic E-state index is 4.12. The normalized spacial score (nSPS) is 21.7. The molecule has 0 saturated carbocycles. The van der Waals surface area contributed by atoms with E-state index in [1.807, 2.05) is 6.08 Å². The van der Waals surface area contributed by atoms with E-state index in [1.54, 1.807) is 0 Å². The van der Waals surface area contributed by atoms with Gasteiger partial charge in [-0.2, -0.15) is 0 Å². The molecule has 158 valence electrons. The summed E-state index contributed by atoms with van der Waals surface area (Å²) >= 11 is 0. The van der Waals surface area contributed by atoms with Crippen LogP contribution in [-0.4, -0.2) is 13.1 Å². The maximum atomic E-state index is 4.12. The number of hydrogen-bond acceptors (Lipinski definition) is 1. The van der Waals surface area contributed by atoms with E-state index in [-0.39, 0.29) is 5.41 Å². The largest absolute Gasteiger partial charge is 0.367 e. The van der Waals surface area contributed by atoms with Gasteiger partial charge in [0.15, 0.2) is 0 Å². The summed E-state index contributed by atoms with van der Waals surface area (Å²) in [6.07, 6.45) is 26.1. The molecular formula is C30H33N. The number of anilines is 1. The summed E-state index contributed by atoms with van der Waals surface area (Å²) in [6.45, 7) is 10.8. The van der Waals surface area contributed by atoms with Gasteiger partial charge in [0.1, 0.15) is 0 Å². The van der Waals surface area contributed by atoms with Crippen molar-refractivity contribution in [3.63, 3.8) is 0 Å². The van der Waals surface area contributed by atoms with E-state index in [0.29, 0.717) is 6.04 Å². The van der Waals surface area contributed by atoms with Crippen LogP contribution in [0.4, 0.5) is 5.69 Å². The van der Waals surface area contributed by atoms with Crippen molar-refractivity contribution < 1.29 is 0 Å². The number of fused-ring (bicyclic) bond motifs is 1. The third-order valence-electron chi connectivity index (χ3n) is 6.84. The third kappa shape index (κ3) is 3.74. The molecule has 0 spiro atoms. The molecule has 3 aliphatic rings. The molecule has 0 heterocycles. The van der Waals surface area contributed by atoms with Gasteiger partial charge in [0.05, 0.1) is 6.04 Å². The summed E-state index contributed by atoms with van der Waals surface area (Å²) < 4.78 is 0. The molecule has 1 heteroatoms. The predicted molar refractivity (Wildman–Crippen MR) is 136 cm³/mol. The van der Waals surface area contributed by atoms with Gasteiger partial charge in [0, 0.05) is 18.2 Å². The molecule has 0 aliphatic heterocycles. The van der Waals surface area contributed by atoms with Gasteiger partial charge in [-0.3, -0.25) is 0 Å². The Morgan fingerprint density at radius 3 is 2.68 bits per heavy atom. The molecule has 0 saturated heterocycles. The fourth-order valence-corrected chi connectivity index (χ4v) is 5.12. The minimum atomic E-state index is -0.0483. The van der Waals surface area contributed by atoms with Crippen LogP contribution in [0.2, 0.25) is 0 Å². The molecule has 0 radical (unpaired) electrons. The van der Waals surface area contributed by atoms with Crippen molar-refractivity contribution in [1.82, 2.24) is 0 Å². The number of rotatable bonds is 5. The van der Waals surface area contributed by atoms with Crippen LogP contribution in [0, 0.1) is 0 Å². The Morgan fingerprint density at radius 1 is 1.06 bits per heavy atom. The molecule has 0 bridgehead atoms. The first-order valence-electron chi connectivity index (χ1n) is 11.3. The van der Waals surface area contributed by atoms with Crippen LogP contribution >= 0.6 is 0 Å². The lowest BCUT2D eigenvalue weighted by atomic mass is 9.81. The van der Waals surface area contributed by atoms with Crippen LogP contribution in [0.25, 0.3) is 5.57 Å². The molecule has 4 rings (SSSR count). The Bertz CT molecular complexity index is 1100. The average Bonchev–Trinajstić information content (AvgIpc) is 2.96. The summed E-state index contributed by atoms with van der Waals surface area (Å²) in [5, 5.41) is 0. The van der Waals surface area contributed by atoms with E-state index < -0.39 is 0 Å². The third-order valence-corrected chi connectivity index (χ3v) is 6.84. The van der Waals surface area contributed by atoms with E-state index in [9.17, 15) is 0 Å². The highest BCUT2D eigenvalue weighted by Gasteiger charge is 2.36. The molecule has 3 aliphatic carbocycles. The molecule has 0 amide bonds. The highest BCUT2D eigenvalue weighted by atomic mass is 15.1. The Hall–Kier alpha value is -3.06. The van der Waals surface area contributed by atoms with Crippen LogP contribution in [0.3, 0.4) is 0 Å². The van der Waals surface area contributed by atoms with E-state index >= 15 is 0 Å². The zero-order valence-corrected chi connectivity index (χ0v) is 19.2. The number of allylic oxidation sites excluding steroid dienone is 12. The molecular weight excluding hydrogens is 374 g/mol. The predicted octanol–water partition coefficient (Wildman–Crippen LogP) is 7.63. The van der Waals surface area contributed by atoms with Crippen LogP contribution in [0.15, 0.2) is 108 Å². The molecule has 1 unspecified atom stereocenters. The monoisotopic (exact) mass is 407 g/mol. The van der Waals surface area contributed by atoms with Gasteiger partial charge in [0.25, 0.3) is 0 Å². The summed E-state index contributed by atoms with van der Waals surface area (Å²) in [7, 11) is 2.24. The summed E-state index contributed by atoms with van der Waals surface area (Å²) in [6, 6.07) is 7.31. The summed E-state index contributed by atoms with van der Waals surface area (Å²) in [4.78, 5) is 2.45. The first kappa shape index (κ1) is 21.2. The molecule has 1 nitrogen and oxygen atoms in total. The van der Waals surface area contributed by atoms with Crippen molar-refractivity contribution in [2.45, 2.75) is 45.1 Å². The van der Waals surface area contributed by atoms with Crippen molar-refractivity contribution in [2.24, 2.45) is 0 Å². The zero-order chi connectivity index (χ0) is 22.0.